The number of ether oxygens (including phenoxy) is 2. The quantitative estimate of drug-likeness (QED) is 0.313. The summed E-state index contributed by atoms with van der Waals surface area (Å²) in [5.74, 6) is -1.43. The van der Waals surface area contributed by atoms with E-state index < -0.39 is 34.8 Å². The largest absolute Gasteiger partial charge is 0.530 e. The molecule has 2 amide bonds. The van der Waals surface area contributed by atoms with E-state index in [1.165, 1.54) is 12.1 Å². The van der Waals surface area contributed by atoms with Crippen LogP contribution in [0.1, 0.15) is 30.1 Å². The van der Waals surface area contributed by atoms with Crippen LogP contribution in [0, 0.1) is 0 Å². The van der Waals surface area contributed by atoms with Gasteiger partial charge in [0.1, 0.15) is 29.7 Å². The van der Waals surface area contributed by atoms with E-state index in [0.29, 0.717) is 60.7 Å². The molecule has 5 rings (SSSR count). The number of aliphatic hydroxyl groups is 1. The molecule has 2 aliphatic heterocycles. The number of carbonyl (C=O) groups is 2. The van der Waals surface area contributed by atoms with E-state index in [2.05, 4.69) is 9.88 Å². The molecular weight excluding hydrogens is 621 g/mol. The van der Waals surface area contributed by atoms with Crippen LogP contribution in [0.25, 0.3) is 10.2 Å². The summed E-state index contributed by atoms with van der Waals surface area (Å²) in [7, 11) is 0. The summed E-state index contributed by atoms with van der Waals surface area (Å²) in [5, 5.41) is 32.6. The number of phenolic OH excluding ortho intramolecular Hbond substituents is 1. The normalized spacial score (nSPS) is 17.8. The molecule has 3 N–H and O–H groups in total. The first kappa shape index (κ1) is 32.5. The Balaban J connectivity index is 1.09. The summed E-state index contributed by atoms with van der Waals surface area (Å²) in [4.78, 5) is 41.3. The molecule has 1 spiro atoms. The van der Waals surface area contributed by atoms with Crippen molar-refractivity contribution in [3.8, 4) is 11.5 Å². The Hall–Kier alpha value is -3.86. The number of rotatable bonds is 9. The van der Waals surface area contributed by atoms with Gasteiger partial charge in [0.25, 0.3) is 0 Å². The van der Waals surface area contributed by atoms with Gasteiger partial charge in [-0.1, -0.05) is 29.5 Å². The van der Waals surface area contributed by atoms with Gasteiger partial charge in [0.05, 0.1) is 29.6 Å². The van der Waals surface area contributed by atoms with Gasteiger partial charge in [0.2, 0.25) is 0 Å². The molecule has 12 nitrogen and oxygen atoms in total. The minimum atomic E-state index is -4.90. The van der Waals surface area contributed by atoms with Crippen molar-refractivity contribution in [3.63, 3.8) is 0 Å². The van der Waals surface area contributed by atoms with Crippen LogP contribution >= 0.6 is 11.3 Å². The summed E-state index contributed by atoms with van der Waals surface area (Å²) in [6.07, 6.45) is -6.68. The van der Waals surface area contributed by atoms with E-state index >= 15 is 0 Å². The minimum absolute atomic E-state index is 0.0709. The number of fused-ring (bicyclic) bond motifs is 1. The number of likely N-dealkylation sites (tertiary alicyclic amines) is 1. The van der Waals surface area contributed by atoms with Crippen molar-refractivity contribution in [2.24, 2.45) is 0 Å². The molecular formula is C29H32F3N4O8S-. The van der Waals surface area contributed by atoms with E-state index in [1.54, 1.807) is 24.3 Å². The SMILES string of the molecule is O=C([O-])N(Cc1ccc(OCCN2CCC3(CC2)CN(C(=O)C(F)(F)F)CCO3)cc1)CC(O)c1ccc(O)c2[nH]c(=O)sc12. The molecule has 0 aliphatic carbocycles. The molecule has 2 aliphatic rings. The topological polar surface area (TPSA) is 159 Å². The number of aromatic amines is 1. The predicted octanol–water partition coefficient (Wildman–Crippen LogP) is 1.81. The van der Waals surface area contributed by atoms with Crippen molar-refractivity contribution < 1.29 is 47.6 Å². The number of morpholine rings is 1. The lowest BCUT2D eigenvalue weighted by Crippen LogP contribution is -2.59. The van der Waals surface area contributed by atoms with Crippen molar-refractivity contribution in [3.05, 3.63) is 57.2 Å². The van der Waals surface area contributed by atoms with Gasteiger partial charge in [0, 0.05) is 44.8 Å². The summed E-state index contributed by atoms with van der Waals surface area (Å²) >= 11 is 0.802. The van der Waals surface area contributed by atoms with Gasteiger partial charge in [-0.15, -0.1) is 0 Å². The van der Waals surface area contributed by atoms with Gasteiger partial charge in [-0.25, -0.2) is 0 Å². The number of carboxylic acid groups (broad SMARTS) is 1. The molecule has 0 bridgehead atoms. The lowest BCUT2D eigenvalue weighted by molar-refractivity contribution is -0.267. The minimum Gasteiger partial charge on any atom is -0.530 e. The lowest BCUT2D eigenvalue weighted by atomic mass is 9.89. The monoisotopic (exact) mass is 653 g/mol. The molecule has 1 unspecified atom stereocenters. The van der Waals surface area contributed by atoms with Crippen LogP contribution in [0.5, 0.6) is 11.5 Å². The van der Waals surface area contributed by atoms with Crippen LogP contribution in [0.3, 0.4) is 0 Å². The van der Waals surface area contributed by atoms with Gasteiger partial charge in [-0.05, 0) is 36.6 Å². The second-order valence-electron chi connectivity index (χ2n) is 11.1. The number of aromatic hydroxyl groups is 1. The van der Waals surface area contributed by atoms with E-state index in [0.717, 1.165) is 21.1 Å². The number of aliphatic hydroxyl groups excluding tert-OH is 1. The Bertz CT molecular complexity index is 1570. The maximum atomic E-state index is 12.9. The van der Waals surface area contributed by atoms with Crippen molar-refractivity contribution in [1.29, 1.82) is 0 Å². The first-order valence-electron chi connectivity index (χ1n) is 14.3. The van der Waals surface area contributed by atoms with Crippen LogP contribution in [0.2, 0.25) is 0 Å². The van der Waals surface area contributed by atoms with Crippen molar-refractivity contribution in [1.82, 2.24) is 19.7 Å². The third-order valence-electron chi connectivity index (χ3n) is 8.12. The Morgan fingerprint density at radius 2 is 1.87 bits per heavy atom. The zero-order valence-corrected chi connectivity index (χ0v) is 24.9. The molecule has 2 aromatic carbocycles. The van der Waals surface area contributed by atoms with Crippen LogP contribution < -0.4 is 14.7 Å². The Kier molecular flexibility index (Phi) is 9.57. The van der Waals surface area contributed by atoms with Crippen molar-refractivity contribution >= 4 is 33.6 Å². The third kappa shape index (κ3) is 7.69. The summed E-state index contributed by atoms with van der Waals surface area (Å²) in [5.41, 5.74) is 0.317. The van der Waals surface area contributed by atoms with Crippen LogP contribution in [-0.4, -0.2) is 106 Å². The highest BCUT2D eigenvalue weighted by atomic mass is 32.1. The molecule has 16 heteroatoms. The van der Waals surface area contributed by atoms with Gasteiger partial charge in [-0.3, -0.25) is 14.5 Å². The molecule has 2 fully saturated rings. The highest BCUT2D eigenvalue weighted by Crippen LogP contribution is 2.33. The number of hydrogen-bond donors (Lipinski definition) is 3. The number of aromatic nitrogens is 1. The van der Waals surface area contributed by atoms with Crippen LogP contribution in [0.15, 0.2) is 41.2 Å². The standard InChI is InChI=1S/C29H33F3N4O8S/c30-29(31,32)25(39)35-12-14-44-28(17-35)7-9-34(10-8-28)11-13-43-19-3-1-18(2-4-19)15-36(27(41)42)16-22(38)20-5-6-21(37)23-24(20)45-26(40)33-23/h1-6,22,37-38H,7-17H2,(H,33,40)(H,41,42)/p-1. The number of thiazole rings is 1. The first-order valence-corrected chi connectivity index (χ1v) is 15.1. The number of hydrogen-bond acceptors (Lipinski definition) is 10. The van der Waals surface area contributed by atoms with Crippen molar-refractivity contribution in [2.75, 3.05) is 52.5 Å². The van der Waals surface area contributed by atoms with Crippen molar-refractivity contribution in [2.45, 2.75) is 37.3 Å². The summed E-state index contributed by atoms with van der Waals surface area (Å²) < 4.78 is 50.7. The fourth-order valence-corrected chi connectivity index (χ4v) is 6.62. The number of nitrogens with zero attached hydrogens (tertiary/aromatic N) is 3. The van der Waals surface area contributed by atoms with E-state index in [-0.39, 0.29) is 44.1 Å². The number of nitrogens with one attached hydrogen (secondary N) is 1. The predicted molar refractivity (Wildman–Crippen MR) is 154 cm³/mol. The molecule has 1 aromatic heterocycles. The highest BCUT2D eigenvalue weighted by Gasteiger charge is 2.48. The number of carbonyl (C=O) groups excluding carboxylic acids is 2. The van der Waals surface area contributed by atoms with Crippen LogP contribution in [0.4, 0.5) is 18.0 Å². The van der Waals surface area contributed by atoms with E-state index in [4.69, 9.17) is 9.47 Å². The maximum absolute atomic E-state index is 12.9. The average molecular weight is 654 g/mol. The first-order chi connectivity index (χ1) is 21.3. The molecule has 3 aromatic rings. The molecule has 2 saturated heterocycles. The molecule has 1 atom stereocenters. The number of amides is 2. The molecule has 0 saturated carbocycles. The number of phenols is 1. The summed E-state index contributed by atoms with van der Waals surface area (Å²) in [6, 6.07) is 9.50. The summed E-state index contributed by atoms with van der Waals surface area (Å²) in [6.45, 7) is 1.59. The molecule has 45 heavy (non-hydrogen) atoms. The van der Waals surface area contributed by atoms with Gasteiger partial charge in [-0.2, -0.15) is 13.2 Å². The van der Waals surface area contributed by atoms with Gasteiger partial charge in [0.15, 0.2) is 0 Å². The molecule has 244 valence electrons. The molecule has 0 radical (unpaired) electrons. The van der Waals surface area contributed by atoms with E-state index in [1.807, 2.05) is 0 Å². The Morgan fingerprint density at radius 1 is 1.16 bits per heavy atom. The maximum Gasteiger partial charge on any atom is 0.471 e. The Labute approximate surface area is 259 Å². The second-order valence-corrected chi connectivity index (χ2v) is 12.1. The fourth-order valence-electron chi connectivity index (χ4n) is 5.70. The number of benzene rings is 2. The smallest absolute Gasteiger partial charge is 0.471 e. The zero-order chi connectivity index (χ0) is 32.4. The van der Waals surface area contributed by atoms with Gasteiger partial charge >= 0.3 is 17.0 Å². The number of alkyl halides is 3. The third-order valence-corrected chi connectivity index (χ3v) is 9.05. The van der Waals surface area contributed by atoms with Crippen LogP contribution in [-0.2, 0) is 16.1 Å². The zero-order valence-electron chi connectivity index (χ0n) is 24.0. The number of H-pyrrole nitrogens is 1. The molecule has 3 heterocycles. The van der Waals surface area contributed by atoms with E-state index in [9.17, 15) is 42.9 Å². The average Bonchev–Trinajstić information content (AvgIpc) is 3.40. The number of piperidine rings is 1. The fraction of sp³-hybridized carbons (Fsp3) is 0.483. The Morgan fingerprint density at radius 3 is 2.53 bits per heavy atom. The lowest BCUT2D eigenvalue weighted by Gasteiger charge is -2.47. The second kappa shape index (κ2) is 13.2. The highest BCUT2D eigenvalue weighted by molar-refractivity contribution is 7.16. The van der Waals surface area contributed by atoms with Gasteiger partial charge < -0.3 is 44.4 Å². The number of halogens is 3.